The molecule has 0 radical (unpaired) electrons. The molecule has 4 aromatic rings. The molecule has 0 fully saturated rings. The molecule has 0 unspecified atom stereocenters. The van der Waals surface area contributed by atoms with E-state index in [9.17, 15) is 17.6 Å². The van der Waals surface area contributed by atoms with E-state index in [0.29, 0.717) is 35.5 Å². The number of H-pyrrole nitrogens is 1. The lowest BCUT2D eigenvalue weighted by Crippen LogP contribution is -2.20. The molecule has 39 heavy (non-hydrogen) atoms. The summed E-state index contributed by atoms with van der Waals surface area (Å²) in [4.78, 5) is 19.1. The van der Waals surface area contributed by atoms with Crippen molar-refractivity contribution in [2.45, 2.75) is 13.3 Å². The van der Waals surface area contributed by atoms with Crippen LogP contribution in [0.1, 0.15) is 23.7 Å². The van der Waals surface area contributed by atoms with Gasteiger partial charge in [0.05, 0.1) is 23.3 Å². The van der Waals surface area contributed by atoms with Crippen molar-refractivity contribution in [3.63, 3.8) is 0 Å². The van der Waals surface area contributed by atoms with Gasteiger partial charge in [0.1, 0.15) is 29.4 Å². The summed E-state index contributed by atoms with van der Waals surface area (Å²) in [6, 6.07) is 10.6. The molecule has 13 heteroatoms. The van der Waals surface area contributed by atoms with Crippen molar-refractivity contribution in [2.75, 3.05) is 43.0 Å². The SMILES string of the molecule is CCCS(=O)(=O)Nc1ccc(F)c(C(=O)Nc2cnc3[nH]nc(-c4ccc(OCCN(C)C)cc4)c3c2)c1F. The third-order valence-corrected chi connectivity index (χ3v) is 7.14. The molecule has 206 valence electrons. The fraction of sp³-hybridized carbons (Fsp3) is 0.269. The second-order valence-electron chi connectivity index (χ2n) is 9.03. The number of halogens is 2. The van der Waals surface area contributed by atoms with Crippen LogP contribution >= 0.6 is 0 Å². The number of carbonyl (C=O) groups is 1. The van der Waals surface area contributed by atoms with Crippen LogP contribution in [0.15, 0.2) is 48.7 Å². The standard InChI is InChI=1S/C26H28F2N6O4S/c1-4-13-39(36,37)33-21-10-9-20(27)22(23(21)28)26(35)30-17-14-19-24(31-32-25(19)29-15-17)16-5-7-18(8-6-16)38-12-11-34(2)3/h5-10,14-15,33H,4,11-13H2,1-3H3,(H,30,35)(H,29,31,32). The van der Waals surface area contributed by atoms with Gasteiger partial charge in [-0.25, -0.2) is 22.2 Å². The van der Waals surface area contributed by atoms with Crippen molar-refractivity contribution in [3.8, 4) is 17.0 Å². The smallest absolute Gasteiger partial charge is 0.261 e. The van der Waals surface area contributed by atoms with E-state index >= 15 is 4.39 Å². The molecule has 0 atom stereocenters. The summed E-state index contributed by atoms with van der Waals surface area (Å²) < 4.78 is 61.4. The fourth-order valence-corrected chi connectivity index (χ4v) is 4.90. The molecule has 4 rings (SSSR count). The first kappa shape index (κ1) is 27.9. The molecule has 10 nitrogen and oxygen atoms in total. The first-order valence-electron chi connectivity index (χ1n) is 12.1. The molecule has 2 aromatic carbocycles. The van der Waals surface area contributed by atoms with Gasteiger partial charge < -0.3 is 15.0 Å². The number of anilines is 2. The van der Waals surface area contributed by atoms with Crippen molar-refractivity contribution in [2.24, 2.45) is 0 Å². The molecule has 2 heterocycles. The topological polar surface area (TPSA) is 129 Å². The van der Waals surface area contributed by atoms with Gasteiger partial charge >= 0.3 is 0 Å². The highest BCUT2D eigenvalue weighted by Gasteiger charge is 2.23. The van der Waals surface area contributed by atoms with Crippen molar-refractivity contribution in [1.29, 1.82) is 0 Å². The van der Waals surface area contributed by atoms with Crippen LogP contribution in [0.3, 0.4) is 0 Å². The first-order valence-corrected chi connectivity index (χ1v) is 13.7. The summed E-state index contributed by atoms with van der Waals surface area (Å²) >= 11 is 0. The summed E-state index contributed by atoms with van der Waals surface area (Å²) in [6.07, 6.45) is 1.61. The molecule has 0 saturated carbocycles. The van der Waals surface area contributed by atoms with Crippen molar-refractivity contribution in [3.05, 3.63) is 65.9 Å². The second kappa shape index (κ2) is 11.7. The quantitative estimate of drug-likeness (QED) is 0.251. The van der Waals surface area contributed by atoms with E-state index in [1.165, 1.54) is 6.20 Å². The van der Waals surface area contributed by atoms with Crippen LogP contribution in [0.2, 0.25) is 0 Å². The van der Waals surface area contributed by atoms with Gasteiger partial charge in [-0.05, 0) is 63.0 Å². The molecule has 1 amide bonds. The number of fused-ring (bicyclic) bond motifs is 1. The molecular weight excluding hydrogens is 530 g/mol. The number of nitrogens with zero attached hydrogens (tertiary/aromatic N) is 3. The number of likely N-dealkylation sites (N-methyl/N-ethyl adjacent to an activating group) is 1. The maximum absolute atomic E-state index is 15.0. The van der Waals surface area contributed by atoms with Crippen LogP contribution in [-0.4, -0.2) is 67.4 Å². The van der Waals surface area contributed by atoms with E-state index in [1.54, 1.807) is 13.0 Å². The lowest BCUT2D eigenvalue weighted by Gasteiger charge is -2.12. The molecule has 0 aliphatic heterocycles. The summed E-state index contributed by atoms with van der Waals surface area (Å²) in [5.74, 6) is -3.12. The number of hydrogen-bond donors (Lipinski definition) is 3. The van der Waals surface area contributed by atoms with Gasteiger partial charge in [0.15, 0.2) is 11.5 Å². The molecule has 0 aliphatic rings. The maximum Gasteiger partial charge on any atom is 0.261 e. The summed E-state index contributed by atoms with van der Waals surface area (Å²) in [7, 11) is 0.0656. The first-order chi connectivity index (χ1) is 18.6. The van der Waals surface area contributed by atoms with Gasteiger partial charge in [-0.15, -0.1) is 0 Å². The number of benzene rings is 2. The Morgan fingerprint density at radius 2 is 1.87 bits per heavy atom. The predicted octanol–water partition coefficient (Wildman–Crippen LogP) is 4.25. The number of rotatable bonds is 11. The van der Waals surface area contributed by atoms with Crippen LogP contribution in [0.4, 0.5) is 20.2 Å². The van der Waals surface area contributed by atoms with E-state index in [1.807, 2.05) is 43.3 Å². The molecule has 2 aromatic heterocycles. The third-order valence-electron chi connectivity index (χ3n) is 5.67. The number of pyridine rings is 1. The predicted molar refractivity (Wildman–Crippen MR) is 145 cm³/mol. The highest BCUT2D eigenvalue weighted by Crippen LogP contribution is 2.29. The maximum atomic E-state index is 15.0. The van der Waals surface area contributed by atoms with Crippen LogP contribution in [0.5, 0.6) is 5.75 Å². The number of nitrogens with one attached hydrogen (secondary N) is 3. The number of aromatic nitrogens is 3. The number of hydrogen-bond acceptors (Lipinski definition) is 7. The van der Waals surface area contributed by atoms with Gasteiger partial charge in [-0.3, -0.25) is 14.6 Å². The van der Waals surface area contributed by atoms with Crippen LogP contribution < -0.4 is 14.8 Å². The summed E-state index contributed by atoms with van der Waals surface area (Å²) in [6.45, 7) is 2.96. The number of sulfonamides is 1. The van der Waals surface area contributed by atoms with E-state index in [4.69, 9.17) is 4.74 Å². The Bertz CT molecular complexity index is 1590. The largest absolute Gasteiger partial charge is 0.492 e. The van der Waals surface area contributed by atoms with Crippen LogP contribution in [-0.2, 0) is 10.0 Å². The monoisotopic (exact) mass is 558 g/mol. The average molecular weight is 559 g/mol. The van der Waals surface area contributed by atoms with Crippen molar-refractivity contribution >= 4 is 38.3 Å². The van der Waals surface area contributed by atoms with Gasteiger partial charge in [-0.1, -0.05) is 6.92 Å². The van der Waals surface area contributed by atoms with Crippen molar-refractivity contribution < 1.29 is 26.7 Å². The number of ether oxygens (including phenoxy) is 1. The molecule has 0 aliphatic carbocycles. The normalized spacial score (nSPS) is 11.6. The average Bonchev–Trinajstić information content (AvgIpc) is 3.29. The van der Waals surface area contributed by atoms with E-state index in [0.717, 1.165) is 24.2 Å². The lowest BCUT2D eigenvalue weighted by atomic mass is 10.1. The molecule has 0 saturated heterocycles. The van der Waals surface area contributed by atoms with Gasteiger partial charge in [-0.2, -0.15) is 5.10 Å². The zero-order valence-electron chi connectivity index (χ0n) is 21.6. The van der Waals surface area contributed by atoms with Gasteiger partial charge in [0, 0.05) is 17.5 Å². The number of aromatic amines is 1. The number of amides is 1. The highest BCUT2D eigenvalue weighted by atomic mass is 32.2. The van der Waals surface area contributed by atoms with Gasteiger partial charge in [0.2, 0.25) is 10.0 Å². The van der Waals surface area contributed by atoms with E-state index in [-0.39, 0.29) is 11.4 Å². The Morgan fingerprint density at radius 3 is 2.56 bits per heavy atom. The Balaban J connectivity index is 1.56. The Hall–Kier alpha value is -4.10. The zero-order chi connectivity index (χ0) is 28.2. The van der Waals surface area contributed by atoms with E-state index < -0.39 is 38.8 Å². The molecule has 0 spiro atoms. The van der Waals surface area contributed by atoms with Crippen LogP contribution in [0.25, 0.3) is 22.3 Å². The Labute approximate surface area is 224 Å². The minimum absolute atomic E-state index is 0.162. The molecular formula is C26H28F2N6O4S. The second-order valence-corrected chi connectivity index (χ2v) is 10.9. The Morgan fingerprint density at radius 1 is 1.13 bits per heavy atom. The van der Waals surface area contributed by atoms with Crippen LogP contribution in [0, 0.1) is 11.6 Å². The lowest BCUT2D eigenvalue weighted by molar-refractivity contribution is 0.101. The third kappa shape index (κ3) is 6.67. The summed E-state index contributed by atoms with van der Waals surface area (Å²) in [5.41, 5.74) is 0.473. The molecule has 3 N–H and O–H groups in total. The molecule has 0 bridgehead atoms. The van der Waals surface area contributed by atoms with E-state index in [2.05, 4.69) is 25.2 Å². The Kier molecular flexibility index (Phi) is 8.41. The fourth-order valence-electron chi connectivity index (χ4n) is 3.77. The minimum atomic E-state index is -3.86. The highest BCUT2D eigenvalue weighted by molar-refractivity contribution is 7.92. The van der Waals surface area contributed by atoms with Crippen molar-refractivity contribution in [1.82, 2.24) is 20.1 Å². The van der Waals surface area contributed by atoms with Gasteiger partial charge in [0.25, 0.3) is 5.91 Å². The minimum Gasteiger partial charge on any atom is -0.492 e. The summed E-state index contributed by atoms with van der Waals surface area (Å²) in [5, 5.41) is 10.1. The number of carbonyl (C=O) groups excluding carboxylic acids is 1. The zero-order valence-corrected chi connectivity index (χ0v) is 22.4.